The van der Waals surface area contributed by atoms with Crippen molar-refractivity contribution in [2.45, 2.75) is 0 Å². The standard InChI is InChI=1S/C20H16ClN3O4/c1-22-20(26)28-18-12-17(9-10-23-18)27-16-4-2-3-13(11-16)19(25)24-15-7-5-14(21)6-8-15/h2-12H,1H3,(H,22,26)(H,24,25). The summed E-state index contributed by atoms with van der Waals surface area (Å²) in [5.74, 6) is 0.657. The highest BCUT2D eigenvalue weighted by molar-refractivity contribution is 6.30. The Morgan fingerprint density at radius 2 is 1.75 bits per heavy atom. The van der Waals surface area contributed by atoms with Gasteiger partial charge in [-0.2, -0.15) is 0 Å². The third-order valence-electron chi connectivity index (χ3n) is 3.54. The van der Waals surface area contributed by atoms with E-state index in [4.69, 9.17) is 21.1 Å². The Morgan fingerprint density at radius 1 is 1.00 bits per heavy atom. The number of nitrogens with zero attached hydrogens (tertiary/aromatic N) is 1. The van der Waals surface area contributed by atoms with E-state index in [-0.39, 0.29) is 11.8 Å². The molecule has 1 heterocycles. The van der Waals surface area contributed by atoms with Gasteiger partial charge in [0.15, 0.2) is 0 Å². The second-order valence-electron chi connectivity index (χ2n) is 5.56. The van der Waals surface area contributed by atoms with E-state index in [1.165, 1.54) is 19.3 Å². The lowest BCUT2D eigenvalue weighted by atomic mass is 10.2. The number of benzene rings is 2. The predicted octanol–water partition coefficient (Wildman–Crippen LogP) is 4.50. The molecule has 0 spiro atoms. The molecule has 0 unspecified atom stereocenters. The zero-order chi connectivity index (χ0) is 19.9. The fourth-order valence-electron chi connectivity index (χ4n) is 2.23. The van der Waals surface area contributed by atoms with Gasteiger partial charge in [0.1, 0.15) is 11.5 Å². The highest BCUT2D eigenvalue weighted by Gasteiger charge is 2.09. The Hall–Kier alpha value is -3.58. The highest BCUT2D eigenvalue weighted by atomic mass is 35.5. The zero-order valence-electron chi connectivity index (χ0n) is 14.8. The average Bonchev–Trinajstić information content (AvgIpc) is 2.70. The largest absolute Gasteiger partial charge is 0.457 e. The summed E-state index contributed by atoms with van der Waals surface area (Å²) in [6.07, 6.45) is 0.815. The van der Waals surface area contributed by atoms with Crippen LogP contribution in [-0.4, -0.2) is 24.0 Å². The number of ether oxygens (including phenoxy) is 2. The number of carbonyl (C=O) groups excluding carboxylic acids is 2. The maximum Gasteiger partial charge on any atom is 0.413 e. The van der Waals surface area contributed by atoms with E-state index in [9.17, 15) is 9.59 Å². The summed E-state index contributed by atoms with van der Waals surface area (Å²) >= 11 is 5.85. The normalized spacial score (nSPS) is 10.1. The van der Waals surface area contributed by atoms with Crippen molar-refractivity contribution in [3.05, 3.63) is 77.4 Å². The number of pyridine rings is 1. The Balaban J connectivity index is 1.71. The average molecular weight is 398 g/mol. The number of hydrogen-bond donors (Lipinski definition) is 2. The first-order valence-corrected chi connectivity index (χ1v) is 8.62. The van der Waals surface area contributed by atoms with Crippen LogP contribution in [0.25, 0.3) is 0 Å². The van der Waals surface area contributed by atoms with Crippen molar-refractivity contribution in [2.75, 3.05) is 12.4 Å². The molecule has 3 rings (SSSR count). The van der Waals surface area contributed by atoms with Crippen LogP contribution in [0.15, 0.2) is 66.9 Å². The minimum absolute atomic E-state index is 0.0912. The summed E-state index contributed by atoms with van der Waals surface area (Å²) in [6, 6.07) is 16.6. The molecular weight excluding hydrogens is 382 g/mol. The van der Waals surface area contributed by atoms with Crippen molar-refractivity contribution in [2.24, 2.45) is 0 Å². The Bertz CT molecular complexity index is 993. The third-order valence-corrected chi connectivity index (χ3v) is 3.79. The molecule has 8 heteroatoms. The van der Waals surface area contributed by atoms with E-state index < -0.39 is 6.09 Å². The number of rotatable bonds is 5. The van der Waals surface area contributed by atoms with Gasteiger partial charge >= 0.3 is 6.09 Å². The number of carbonyl (C=O) groups is 2. The summed E-state index contributed by atoms with van der Waals surface area (Å²) in [5, 5.41) is 5.71. The molecule has 2 amide bonds. The minimum atomic E-state index is -0.634. The molecule has 0 aliphatic carbocycles. The van der Waals surface area contributed by atoms with Gasteiger partial charge in [-0.05, 0) is 48.5 Å². The maximum absolute atomic E-state index is 12.4. The van der Waals surface area contributed by atoms with E-state index in [2.05, 4.69) is 15.6 Å². The fourth-order valence-corrected chi connectivity index (χ4v) is 2.36. The van der Waals surface area contributed by atoms with Crippen LogP contribution in [0.4, 0.5) is 10.5 Å². The molecule has 0 saturated carbocycles. The lowest BCUT2D eigenvalue weighted by molar-refractivity contribution is 0.102. The van der Waals surface area contributed by atoms with Crippen LogP contribution in [-0.2, 0) is 0 Å². The molecule has 142 valence electrons. The van der Waals surface area contributed by atoms with E-state index in [0.717, 1.165) is 0 Å². The molecule has 0 bridgehead atoms. The first-order chi connectivity index (χ1) is 13.5. The molecule has 2 N–H and O–H groups in total. The lowest BCUT2D eigenvalue weighted by Crippen LogP contribution is -2.22. The number of anilines is 1. The van der Waals surface area contributed by atoms with Gasteiger partial charge in [0.2, 0.25) is 5.88 Å². The SMILES string of the molecule is CNC(=O)Oc1cc(Oc2cccc(C(=O)Nc3ccc(Cl)cc3)c2)ccn1. The molecule has 2 aromatic carbocycles. The Morgan fingerprint density at radius 3 is 2.50 bits per heavy atom. The van der Waals surface area contributed by atoms with Crippen molar-refractivity contribution in [1.82, 2.24) is 10.3 Å². The minimum Gasteiger partial charge on any atom is -0.457 e. The molecule has 0 radical (unpaired) electrons. The Labute approximate surface area is 166 Å². The monoisotopic (exact) mass is 397 g/mol. The van der Waals surface area contributed by atoms with Gasteiger partial charge in [-0.1, -0.05) is 17.7 Å². The third kappa shape index (κ3) is 5.21. The summed E-state index contributed by atoms with van der Waals surface area (Å²) in [7, 11) is 1.45. The zero-order valence-corrected chi connectivity index (χ0v) is 15.6. The maximum atomic E-state index is 12.4. The van der Waals surface area contributed by atoms with Crippen molar-refractivity contribution < 1.29 is 19.1 Å². The molecule has 0 atom stereocenters. The van der Waals surface area contributed by atoms with E-state index in [0.29, 0.717) is 27.8 Å². The molecule has 1 aromatic heterocycles. The van der Waals surface area contributed by atoms with Crippen molar-refractivity contribution in [3.8, 4) is 17.4 Å². The van der Waals surface area contributed by atoms with Crippen LogP contribution in [0.1, 0.15) is 10.4 Å². The predicted molar refractivity (Wildman–Crippen MR) is 105 cm³/mol. The number of amides is 2. The molecule has 0 aliphatic heterocycles. The van der Waals surface area contributed by atoms with Crippen LogP contribution < -0.4 is 20.1 Å². The van der Waals surface area contributed by atoms with Crippen LogP contribution in [0, 0.1) is 0 Å². The summed E-state index contributed by atoms with van der Waals surface area (Å²) in [4.78, 5) is 27.6. The molecule has 28 heavy (non-hydrogen) atoms. The molecule has 0 aliphatic rings. The Kier molecular flexibility index (Phi) is 6.08. The summed E-state index contributed by atoms with van der Waals surface area (Å²) < 4.78 is 10.7. The van der Waals surface area contributed by atoms with Crippen molar-refractivity contribution >= 4 is 29.3 Å². The van der Waals surface area contributed by atoms with Crippen LogP contribution >= 0.6 is 11.6 Å². The molecule has 0 saturated heterocycles. The molecule has 0 fully saturated rings. The molecular formula is C20H16ClN3O4. The topological polar surface area (TPSA) is 89.5 Å². The van der Waals surface area contributed by atoms with Gasteiger partial charge in [-0.25, -0.2) is 9.78 Å². The molecule has 7 nitrogen and oxygen atoms in total. The van der Waals surface area contributed by atoms with Gasteiger partial charge in [0.05, 0.1) is 0 Å². The van der Waals surface area contributed by atoms with E-state index in [1.54, 1.807) is 54.6 Å². The second kappa shape index (κ2) is 8.88. The van der Waals surface area contributed by atoms with Crippen LogP contribution in [0.5, 0.6) is 17.4 Å². The van der Waals surface area contributed by atoms with E-state index >= 15 is 0 Å². The summed E-state index contributed by atoms with van der Waals surface area (Å²) in [5.41, 5.74) is 1.05. The number of hydrogen-bond acceptors (Lipinski definition) is 5. The molecule has 3 aromatic rings. The van der Waals surface area contributed by atoms with Gasteiger partial charge in [-0.3, -0.25) is 4.79 Å². The van der Waals surface area contributed by atoms with E-state index in [1.807, 2.05) is 0 Å². The van der Waals surface area contributed by atoms with Crippen molar-refractivity contribution in [1.29, 1.82) is 0 Å². The van der Waals surface area contributed by atoms with Crippen LogP contribution in [0.3, 0.4) is 0 Å². The first kappa shape index (κ1) is 19.2. The number of halogens is 1. The second-order valence-corrected chi connectivity index (χ2v) is 6.00. The highest BCUT2D eigenvalue weighted by Crippen LogP contribution is 2.25. The van der Waals surface area contributed by atoms with Gasteiger partial charge < -0.3 is 20.1 Å². The van der Waals surface area contributed by atoms with Crippen molar-refractivity contribution in [3.63, 3.8) is 0 Å². The summed E-state index contributed by atoms with van der Waals surface area (Å²) in [6.45, 7) is 0. The number of nitrogens with one attached hydrogen (secondary N) is 2. The first-order valence-electron chi connectivity index (χ1n) is 8.24. The number of aromatic nitrogens is 1. The lowest BCUT2D eigenvalue weighted by Gasteiger charge is -2.09. The fraction of sp³-hybridized carbons (Fsp3) is 0.0500. The van der Waals surface area contributed by atoms with Gasteiger partial charge in [-0.15, -0.1) is 0 Å². The van der Waals surface area contributed by atoms with Gasteiger partial charge in [0, 0.05) is 35.6 Å². The van der Waals surface area contributed by atoms with Crippen LogP contribution in [0.2, 0.25) is 5.02 Å². The van der Waals surface area contributed by atoms with Gasteiger partial charge in [0.25, 0.3) is 5.91 Å². The quantitative estimate of drug-likeness (QED) is 0.661. The smallest absolute Gasteiger partial charge is 0.413 e.